The van der Waals surface area contributed by atoms with Crippen molar-refractivity contribution in [1.82, 2.24) is 24.6 Å². The molecule has 0 saturated heterocycles. The van der Waals surface area contributed by atoms with E-state index < -0.39 is 0 Å². The van der Waals surface area contributed by atoms with Gasteiger partial charge in [0.2, 0.25) is 5.91 Å². The molecule has 0 saturated carbocycles. The Labute approximate surface area is 173 Å². The summed E-state index contributed by atoms with van der Waals surface area (Å²) in [7, 11) is 3.54. The molecule has 0 aromatic carbocycles. The number of nitrogens with two attached hydrogens (primary N) is 1. The topological polar surface area (TPSA) is 89.9 Å². The fraction of sp³-hybridized carbons (Fsp3) is 0.333. The van der Waals surface area contributed by atoms with Crippen LogP contribution in [0, 0.1) is 0 Å². The molecule has 8 heteroatoms. The number of aromatic nitrogens is 4. The fourth-order valence-corrected chi connectivity index (χ4v) is 4.75. The summed E-state index contributed by atoms with van der Waals surface area (Å²) in [5.41, 5.74) is 11.0. The number of hydrogen-bond acceptors (Lipinski definition) is 6. The number of pyridine rings is 1. The zero-order valence-corrected chi connectivity index (χ0v) is 17.5. The van der Waals surface area contributed by atoms with Crippen molar-refractivity contribution in [3.63, 3.8) is 0 Å². The molecule has 4 rings (SSSR count). The Morgan fingerprint density at radius 2 is 2.21 bits per heavy atom. The van der Waals surface area contributed by atoms with Gasteiger partial charge in [-0.25, -0.2) is 9.97 Å². The third-order valence-electron chi connectivity index (χ3n) is 5.01. The molecule has 29 heavy (non-hydrogen) atoms. The summed E-state index contributed by atoms with van der Waals surface area (Å²) < 4.78 is 1.99. The molecule has 1 amide bonds. The van der Waals surface area contributed by atoms with Gasteiger partial charge in [0.05, 0.1) is 34.9 Å². The number of hydrogen-bond donors (Lipinski definition) is 1. The number of thiazole rings is 1. The van der Waals surface area contributed by atoms with Crippen molar-refractivity contribution < 1.29 is 4.79 Å². The Morgan fingerprint density at radius 1 is 1.38 bits per heavy atom. The summed E-state index contributed by atoms with van der Waals surface area (Å²) in [6, 6.07) is 3.76. The molecular weight excluding hydrogens is 384 g/mol. The van der Waals surface area contributed by atoms with Crippen molar-refractivity contribution >= 4 is 23.1 Å². The van der Waals surface area contributed by atoms with Crippen molar-refractivity contribution in [1.29, 1.82) is 0 Å². The standard InChI is InChI=1S/C21H24N6OS/c1-4-10-27-20-14(19(25-27)13-8-9-16(22)23-12-13)6-5-7-15-21(20)29-17(24-15)11-18(28)26(2)3/h4,8-9,12H,1,5-7,10-11H2,2-3H3,(H2,22,23). The van der Waals surface area contributed by atoms with Gasteiger partial charge in [0, 0.05) is 31.4 Å². The Balaban J connectivity index is 1.84. The third kappa shape index (κ3) is 3.67. The van der Waals surface area contributed by atoms with Gasteiger partial charge in [0.15, 0.2) is 0 Å². The monoisotopic (exact) mass is 408 g/mol. The summed E-state index contributed by atoms with van der Waals surface area (Å²) in [5.74, 6) is 0.549. The molecule has 3 heterocycles. The maximum Gasteiger partial charge on any atom is 0.228 e. The molecule has 1 aliphatic carbocycles. The van der Waals surface area contributed by atoms with Crippen LogP contribution >= 0.6 is 11.3 Å². The second-order valence-electron chi connectivity index (χ2n) is 7.32. The largest absolute Gasteiger partial charge is 0.384 e. The first kappa shape index (κ1) is 19.3. The number of aryl methyl sites for hydroxylation is 1. The molecular formula is C21H24N6OS. The Hall–Kier alpha value is -3.00. The average Bonchev–Trinajstić information content (AvgIpc) is 3.19. The zero-order chi connectivity index (χ0) is 20.5. The zero-order valence-electron chi connectivity index (χ0n) is 16.7. The van der Waals surface area contributed by atoms with Gasteiger partial charge in [-0.15, -0.1) is 17.9 Å². The number of carbonyl (C=O) groups excluding carboxylic acids is 1. The number of amides is 1. The maximum absolute atomic E-state index is 12.2. The number of likely N-dealkylation sites (N-methyl/N-ethyl adjacent to an activating group) is 1. The summed E-state index contributed by atoms with van der Waals surface area (Å²) >= 11 is 1.60. The summed E-state index contributed by atoms with van der Waals surface area (Å²) in [6.07, 6.45) is 6.74. The molecule has 2 N–H and O–H groups in total. The number of fused-ring (bicyclic) bond motifs is 3. The van der Waals surface area contributed by atoms with Gasteiger partial charge < -0.3 is 10.6 Å². The van der Waals surface area contributed by atoms with Gasteiger partial charge in [-0.2, -0.15) is 5.10 Å². The molecule has 7 nitrogen and oxygen atoms in total. The van der Waals surface area contributed by atoms with E-state index in [0.29, 0.717) is 18.8 Å². The minimum absolute atomic E-state index is 0.0577. The lowest BCUT2D eigenvalue weighted by Crippen LogP contribution is -2.23. The number of anilines is 1. The van der Waals surface area contributed by atoms with Crippen molar-refractivity contribution in [2.45, 2.75) is 32.2 Å². The van der Waals surface area contributed by atoms with Crippen LogP contribution in [0.1, 0.15) is 22.7 Å². The Morgan fingerprint density at radius 3 is 2.90 bits per heavy atom. The summed E-state index contributed by atoms with van der Waals surface area (Å²) in [5, 5.41) is 5.74. The van der Waals surface area contributed by atoms with Crippen molar-refractivity contribution in [3.05, 3.63) is 47.2 Å². The molecule has 0 bridgehead atoms. The minimum atomic E-state index is 0.0577. The first-order chi connectivity index (χ1) is 14.0. The van der Waals surface area contributed by atoms with E-state index in [-0.39, 0.29) is 5.91 Å². The van der Waals surface area contributed by atoms with Crippen LogP contribution in [0.5, 0.6) is 0 Å². The van der Waals surface area contributed by atoms with Crippen molar-refractivity contribution in [3.8, 4) is 21.8 Å². The highest BCUT2D eigenvalue weighted by molar-refractivity contribution is 7.15. The second-order valence-corrected chi connectivity index (χ2v) is 8.40. The lowest BCUT2D eigenvalue weighted by Gasteiger charge is -2.08. The smallest absolute Gasteiger partial charge is 0.228 e. The summed E-state index contributed by atoms with van der Waals surface area (Å²) in [4.78, 5) is 23.9. The average molecular weight is 409 g/mol. The van der Waals surface area contributed by atoms with Gasteiger partial charge >= 0.3 is 0 Å². The SMILES string of the molecule is C=CCn1nc(-c2ccc(N)nc2)c2c1-c1sc(CC(=O)N(C)C)nc1CCC2. The van der Waals surface area contributed by atoms with E-state index >= 15 is 0 Å². The number of carbonyl (C=O) groups is 1. The van der Waals surface area contributed by atoms with E-state index in [0.717, 1.165) is 51.8 Å². The van der Waals surface area contributed by atoms with Crippen molar-refractivity contribution in [2.24, 2.45) is 0 Å². The molecule has 3 aromatic rings. The summed E-state index contributed by atoms with van der Waals surface area (Å²) in [6.45, 7) is 4.49. The van der Waals surface area contributed by atoms with Crippen LogP contribution < -0.4 is 5.73 Å². The number of nitrogens with zero attached hydrogens (tertiary/aromatic N) is 5. The first-order valence-electron chi connectivity index (χ1n) is 9.59. The molecule has 0 fully saturated rings. The van der Waals surface area contributed by atoms with Gasteiger partial charge in [-0.05, 0) is 31.4 Å². The van der Waals surface area contributed by atoms with E-state index in [2.05, 4.69) is 11.6 Å². The Kier molecular flexibility index (Phi) is 5.19. The number of rotatable bonds is 5. The Bertz CT molecular complexity index is 1060. The number of allylic oxidation sites excluding steroid dienone is 1. The van der Waals surface area contributed by atoms with Gasteiger partial charge in [-0.3, -0.25) is 9.48 Å². The quantitative estimate of drug-likeness (QED) is 0.656. The van der Waals surface area contributed by atoms with Crippen molar-refractivity contribution in [2.75, 3.05) is 19.8 Å². The van der Waals surface area contributed by atoms with Gasteiger partial charge in [-0.1, -0.05) is 6.08 Å². The highest BCUT2D eigenvalue weighted by Gasteiger charge is 2.27. The highest BCUT2D eigenvalue weighted by atomic mass is 32.1. The van der Waals surface area contributed by atoms with Crippen LogP contribution in [0.4, 0.5) is 5.82 Å². The van der Waals surface area contributed by atoms with Crippen LogP contribution in [-0.2, 0) is 30.6 Å². The predicted molar refractivity (Wildman–Crippen MR) is 116 cm³/mol. The van der Waals surface area contributed by atoms with E-state index in [9.17, 15) is 4.79 Å². The molecule has 1 aliphatic rings. The van der Waals surface area contributed by atoms with Crippen LogP contribution in [0.15, 0.2) is 31.0 Å². The molecule has 3 aromatic heterocycles. The lowest BCUT2D eigenvalue weighted by atomic mass is 10.0. The van der Waals surface area contributed by atoms with Crippen LogP contribution in [-0.4, -0.2) is 44.7 Å². The normalized spacial score (nSPS) is 12.8. The first-order valence-corrected chi connectivity index (χ1v) is 10.4. The molecule has 0 aliphatic heterocycles. The van der Waals surface area contributed by atoms with E-state index in [1.54, 1.807) is 42.6 Å². The van der Waals surface area contributed by atoms with Gasteiger partial charge in [0.25, 0.3) is 0 Å². The second kappa shape index (κ2) is 7.79. The number of nitrogen functional groups attached to an aromatic ring is 1. The van der Waals surface area contributed by atoms with Gasteiger partial charge in [0.1, 0.15) is 10.8 Å². The van der Waals surface area contributed by atoms with Crippen LogP contribution in [0.25, 0.3) is 21.8 Å². The van der Waals surface area contributed by atoms with Crippen LogP contribution in [0.2, 0.25) is 0 Å². The van der Waals surface area contributed by atoms with E-state index in [1.807, 2.05) is 16.8 Å². The molecule has 0 spiro atoms. The fourth-order valence-electron chi connectivity index (χ4n) is 3.57. The van der Waals surface area contributed by atoms with E-state index in [1.165, 1.54) is 5.56 Å². The van der Waals surface area contributed by atoms with E-state index in [4.69, 9.17) is 15.8 Å². The third-order valence-corrected chi connectivity index (χ3v) is 6.12. The predicted octanol–water partition coefficient (Wildman–Crippen LogP) is 2.96. The molecule has 0 unspecified atom stereocenters. The minimum Gasteiger partial charge on any atom is -0.384 e. The molecule has 0 atom stereocenters. The van der Waals surface area contributed by atoms with Crippen LogP contribution in [0.3, 0.4) is 0 Å². The molecule has 150 valence electrons. The molecule has 0 radical (unpaired) electrons. The highest BCUT2D eigenvalue weighted by Crippen LogP contribution is 2.41. The lowest BCUT2D eigenvalue weighted by molar-refractivity contribution is -0.127. The maximum atomic E-state index is 12.2.